The molecule has 2 aromatic rings. The van der Waals surface area contributed by atoms with Crippen molar-refractivity contribution in [3.05, 3.63) is 48.1 Å². The third-order valence-electron chi connectivity index (χ3n) is 2.96. The Balaban J connectivity index is 2.13. The number of benzene rings is 1. The lowest BCUT2D eigenvalue weighted by Gasteiger charge is -2.18. The maximum Gasteiger partial charge on any atom is 0.136 e. The first-order valence-corrected chi connectivity index (χ1v) is 6.20. The summed E-state index contributed by atoms with van der Waals surface area (Å²) in [5.41, 5.74) is 3.43. The summed E-state index contributed by atoms with van der Waals surface area (Å²) >= 11 is 3.46. The van der Waals surface area contributed by atoms with Crippen LogP contribution in [0.15, 0.2) is 36.5 Å². The zero-order valence-corrected chi connectivity index (χ0v) is 11.1. The molecule has 2 heterocycles. The lowest BCUT2D eigenvalue weighted by atomic mass is 10.1. The van der Waals surface area contributed by atoms with E-state index in [0.717, 1.165) is 18.2 Å². The van der Waals surface area contributed by atoms with Crippen LogP contribution in [0.3, 0.4) is 0 Å². The molecule has 1 aliphatic heterocycles. The number of aromatic nitrogens is 2. The molecule has 1 aromatic heterocycles. The molecule has 1 aromatic carbocycles. The zero-order chi connectivity index (χ0) is 11.8. The Kier molecular flexibility index (Phi) is 2.52. The van der Waals surface area contributed by atoms with Gasteiger partial charge in [0.25, 0.3) is 0 Å². The van der Waals surface area contributed by atoms with Crippen LogP contribution in [0.5, 0.6) is 0 Å². The Bertz CT molecular complexity index is 572. The number of rotatable bonds is 1. The van der Waals surface area contributed by atoms with E-state index < -0.39 is 0 Å². The number of halogens is 1. The van der Waals surface area contributed by atoms with Gasteiger partial charge in [0.2, 0.25) is 0 Å². The van der Waals surface area contributed by atoms with E-state index in [2.05, 4.69) is 44.8 Å². The highest BCUT2D eigenvalue weighted by atomic mass is 79.9. The molecule has 0 fully saturated rings. The quantitative estimate of drug-likeness (QED) is 0.750. The molecule has 3 nitrogen and oxygen atoms in total. The van der Waals surface area contributed by atoms with E-state index >= 15 is 0 Å². The first-order valence-electron chi connectivity index (χ1n) is 5.49. The Labute approximate surface area is 109 Å². The maximum atomic E-state index is 4.68. The summed E-state index contributed by atoms with van der Waals surface area (Å²) in [5.74, 6) is 1.01. The summed E-state index contributed by atoms with van der Waals surface area (Å²) in [7, 11) is 0. The third kappa shape index (κ3) is 1.78. The first-order chi connectivity index (χ1) is 8.25. The molecule has 17 heavy (non-hydrogen) atoms. The van der Waals surface area contributed by atoms with Gasteiger partial charge in [-0.2, -0.15) is 0 Å². The molecule has 0 unspecified atom stereocenters. The van der Waals surface area contributed by atoms with Gasteiger partial charge in [-0.3, -0.25) is 3.93 Å². The number of fused-ring (bicyclic) bond motifs is 1. The van der Waals surface area contributed by atoms with Crippen LogP contribution in [-0.2, 0) is 6.67 Å². The van der Waals surface area contributed by atoms with Crippen molar-refractivity contribution in [1.82, 2.24) is 13.5 Å². The highest BCUT2D eigenvalue weighted by Gasteiger charge is 2.16. The summed E-state index contributed by atoms with van der Waals surface area (Å²) in [6, 6.07) is 10.3. The molecule has 0 saturated carbocycles. The van der Waals surface area contributed by atoms with Crippen molar-refractivity contribution in [1.29, 1.82) is 0 Å². The Hall–Kier alpha value is -1.55. The number of hydrogen-bond acceptors (Lipinski definition) is 2. The monoisotopic (exact) mass is 289 g/mol. The van der Waals surface area contributed by atoms with Gasteiger partial charge in [-0.25, -0.2) is 4.98 Å². The van der Waals surface area contributed by atoms with Gasteiger partial charge in [-0.05, 0) is 13.0 Å². The summed E-state index contributed by atoms with van der Waals surface area (Å²) in [6.45, 7) is 2.90. The van der Waals surface area contributed by atoms with Crippen molar-refractivity contribution >= 4 is 22.2 Å². The highest BCUT2D eigenvalue weighted by molar-refractivity contribution is 9.07. The van der Waals surface area contributed by atoms with Crippen LogP contribution in [0.4, 0.5) is 0 Å². The van der Waals surface area contributed by atoms with Crippen LogP contribution in [0.25, 0.3) is 17.3 Å². The lowest BCUT2D eigenvalue weighted by molar-refractivity contribution is 0.479. The number of nitrogens with zero attached hydrogens (tertiary/aromatic N) is 3. The average molecular weight is 290 g/mol. The molecule has 0 radical (unpaired) electrons. The smallest absolute Gasteiger partial charge is 0.136 e. The fourth-order valence-electron chi connectivity index (χ4n) is 2.06. The Morgan fingerprint density at radius 3 is 2.76 bits per heavy atom. The lowest BCUT2D eigenvalue weighted by Crippen LogP contribution is -2.16. The van der Waals surface area contributed by atoms with Crippen LogP contribution in [-0.4, -0.2) is 13.5 Å². The summed E-state index contributed by atoms with van der Waals surface area (Å²) in [4.78, 5) is 4.68. The second-order valence-corrected chi connectivity index (χ2v) is 4.97. The molecule has 0 bridgehead atoms. The van der Waals surface area contributed by atoms with E-state index in [0.29, 0.717) is 0 Å². The van der Waals surface area contributed by atoms with Gasteiger partial charge >= 0.3 is 0 Å². The molecule has 0 spiro atoms. The van der Waals surface area contributed by atoms with Crippen LogP contribution < -0.4 is 0 Å². The van der Waals surface area contributed by atoms with Gasteiger partial charge in [0.05, 0.1) is 21.8 Å². The predicted molar refractivity (Wildman–Crippen MR) is 72.2 cm³/mol. The molecular weight excluding hydrogens is 278 g/mol. The van der Waals surface area contributed by atoms with Crippen molar-refractivity contribution in [2.24, 2.45) is 0 Å². The van der Waals surface area contributed by atoms with Gasteiger partial charge in [-0.1, -0.05) is 30.3 Å². The zero-order valence-electron chi connectivity index (χ0n) is 9.47. The molecule has 0 saturated heterocycles. The fourth-order valence-corrected chi connectivity index (χ4v) is 2.40. The standard InChI is InChI=1S/C13H12BrN3/c1-10-13(11-5-3-2-4-6-11)15-12-7-8-16(14)9-17(10)12/h2-8H,9H2,1H3. The van der Waals surface area contributed by atoms with E-state index in [1.54, 1.807) is 0 Å². The topological polar surface area (TPSA) is 21.1 Å². The largest absolute Gasteiger partial charge is 0.309 e. The van der Waals surface area contributed by atoms with Gasteiger partial charge in [0, 0.05) is 17.5 Å². The minimum absolute atomic E-state index is 0.789. The van der Waals surface area contributed by atoms with E-state index in [9.17, 15) is 0 Å². The van der Waals surface area contributed by atoms with Crippen molar-refractivity contribution in [3.63, 3.8) is 0 Å². The highest BCUT2D eigenvalue weighted by Crippen LogP contribution is 2.26. The van der Waals surface area contributed by atoms with E-state index in [1.807, 2.05) is 34.4 Å². The van der Waals surface area contributed by atoms with E-state index in [-0.39, 0.29) is 0 Å². The minimum Gasteiger partial charge on any atom is -0.309 e. The van der Waals surface area contributed by atoms with Crippen LogP contribution in [0.2, 0.25) is 0 Å². The molecule has 1 aliphatic rings. The molecule has 3 rings (SSSR count). The van der Waals surface area contributed by atoms with Crippen LogP contribution in [0.1, 0.15) is 11.5 Å². The van der Waals surface area contributed by atoms with Crippen molar-refractivity contribution in [2.75, 3.05) is 0 Å². The second-order valence-electron chi connectivity index (χ2n) is 4.05. The Morgan fingerprint density at radius 1 is 1.24 bits per heavy atom. The number of imidazole rings is 1. The summed E-state index contributed by atoms with van der Waals surface area (Å²) in [6.07, 6.45) is 3.99. The maximum absolute atomic E-state index is 4.68. The molecule has 0 atom stereocenters. The van der Waals surface area contributed by atoms with Crippen LogP contribution >= 0.6 is 16.1 Å². The normalized spacial score (nSPS) is 13.9. The second kappa shape index (κ2) is 4.04. The molecular formula is C13H12BrN3. The molecule has 4 heteroatoms. The van der Waals surface area contributed by atoms with Gasteiger partial charge < -0.3 is 4.57 Å². The Morgan fingerprint density at radius 2 is 2.00 bits per heavy atom. The molecule has 0 amide bonds. The fraction of sp³-hybridized carbons (Fsp3) is 0.154. The van der Waals surface area contributed by atoms with Crippen molar-refractivity contribution < 1.29 is 0 Å². The van der Waals surface area contributed by atoms with Gasteiger partial charge in [0.1, 0.15) is 12.5 Å². The summed E-state index contributed by atoms with van der Waals surface area (Å²) < 4.78 is 4.15. The van der Waals surface area contributed by atoms with Crippen LogP contribution in [0, 0.1) is 6.92 Å². The number of hydrogen-bond donors (Lipinski definition) is 0. The van der Waals surface area contributed by atoms with E-state index in [4.69, 9.17) is 0 Å². The minimum atomic E-state index is 0.789. The molecule has 86 valence electrons. The molecule has 0 aliphatic carbocycles. The van der Waals surface area contributed by atoms with Crippen molar-refractivity contribution in [2.45, 2.75) is 13.6 Å². The SMILES string of the molecule is Cc1c(-c2ccccc2)nc2n1CN(Br)C=C2. The average Bonchev–Trinajstić information content (AvgIpc) is 2.68. The predicted octanol–water partition coefficient (Wildman–Crippen LogP) is 3.41. The summed E-state index contributed by atoms with van der Waals surface area (Å²) in [5, 5.41) is 0. The van der Waals surface area contributed by atoms with Gasteiger partial charge in [0.15, 0.2) is 0 Å². The first kappa shape index (κ1) is 10.6. The van der Waals surface area contributed by atoms with Crippen molar-refractivity contribution in [3.8, 4) is 11.3 Å². The molecule has 0 N–H and O–H groups in total. The van der Waals surface area contributed by atoms with E-state index in [1.165, 1.54) is 11.3 Å². The third-order valence-corrected chi connectivity index (χ3v) is 3.42. The van der Waals surface area contributed by atoms with Gasteiger partial charge in [-0.15, -0.1) is 0 Å².